The Kier molecular flexibility index (Phi) is 2.83. The molecule has 0 unspecified atom stereocenters. The van der Waals surface area contributed by atoms with Crippen molar-refractivity contribution in [2.24, 2.45) is 7.05 Å². The first kappa shape index (κ1) is 11.9. The minimum atomic E-state index is 1.30. The summed E-state index contributed by atoms with van der Waals surface area (Å²) < 4.78 is 2.22. The van der Waals surface area contributed by atoms with Crippen molar-refractivity contribution < 1.29 is 4.57 Å². The van der Waals surface area contributed by atoms with Gasteiger partial charge in [-0.25, -0.2) is 4.57 Å². The molecule has 0 N–H and O–H groups in total. The largest absolute Gasteiger partial charge is 0.220 e. The zero-order valence-corrected chi connectivity index (χ0v) is 11.6. The molecule has 0 bridgehead atoms. The lowest BCUT2D eigenvalue weighted by Crippen LogP contribution is -2.30. The Bertz CT molecular complexity index is 757. The number of benzene rings is 2. The van der Waals surface area contributed by atoms with Gasteiger partial charge in [0.2, 0.25) is 5.69 Å². The highest BCUT2D eigenvalue weighted by Gasteiger charge is 2.17. The van der Waals surface area contributed by atoms with Gasteiger partial charge in [-0.15, -0.1) is 0 Å². The van der Waals surface area contributed by atoms with Crippen LogP contribution in [0.25, 0.3) is 22.0 Å². The Labute approximate surface area is 114 Å². The normalized spacial score (nSPS) is 10.9. The highest BCUT2D eigenvalue weighted by Crippen LogP contribution is 2.29. The number of hydrogen-bond donors (Lipinski definition) is 0. The molecule has 1 heteroatoms. The molecule has 0 saturated heterocycles. The van der Waals surface area contributed by atoms with Crippen molar-refractivity contribution in [1.29, 1.82) is 0 Å². The summed E-state index contributed by atoms with van der Waals surface area (Å²) in [5, 5.41) is 2.65. The van der Waals surface area contributed by atoms with Crippen LogP contribution in [0.2, 0.25) is 0 Å². The maximum absolute atomic E-state index is 2.22. The van der Waals surface area contributed by atoms with Crippen molar-refractivity contribution in [3.05, 3.63) is 65.9 Å². The minimum absolute atomic E-state index is 1.30. The fraction of sp³-hybridized carbons (Fsp3) is 0.167. The maximum Gasteiger partial charge on any atom is 0.220 e. The lowest BCUT2D eigenvalue weighted by atomic mass is 9.97. The Morgan fingerprint density at radius 3 is 2.32 bits per heavy atom. The summed E-state index contributed by atoms with van der Waals surface area (Å²) in [6, 6.07) is 17.3. The first-order valence-electron chi connectivity index (χ1n) is 6.62. The molecule has 3 rings (SSSR count). The molecule has 1 nitrogen and oxygen atoms in total. The molecule has 94 valence electrons. The van der Waals surface area contributed by atoms with Crippen LogP contribution in [0.5, 0.6) is 0 Å². The molecule has 3 aromatic rings. The molecule has 0 radical (unpaired) electrons. The highest BCUT2D eigenvalue weighted by molar-refractivity contribution is 5.95. The molecule has 0 aliphatic heterocycles. The maximum atomic E-state index is 2.22. The third-order valence-electron chi connectivity index (χ3n) is 3.77. The van der Waals surface area contributed by atoms with E-state index in [0.717, 1.165) is 0 Å². The lowest BCUT2D eigenvalue weighted by molar-refractivity contribution is -0.659. The minimum Gasteiger partial charge on any atom is -0.200 e. The molecule has 0 atom stereocenters. The van der Waals surface area contributed by atoms with Crippen LogP contribution in [0.15, 0.2) is 54.7 Å². The Morgan fingerprint density at radius 2 is 1.53 bits per heavy atom. The van der Waals surface area contributed by atoms with Crippen LogP contribution in [-0.4, -0.2) is 0 Å². The third kappa shape index (κ3) is 1.91. The number of rotatable bonds is 1. The van der Waals surface area contributed by atoms with Crippen LogP contribution in [0.3, 0.4) is 0 Å². The monoisotopic (exact) mass is 248 g/mol. The van der Waals surface area contributed by atoms with Gasteiger partial charge in [0.15, 0.2) is 6.20 Å². The molecule has 1 heterocycles. The molecule has 0 spiro atoms. The lowest BCUT2D eigenvalue weighted by Gasteiger charge is -2.09. The molecule has 0 aliphatic carbocycles. The predicted octanol–water partition coefficient (Wildman–Crippen LogP) is 3.95. The summed E-state index contributed by atoms with van der Waals surface area (Å²) in [5.41, 5.74) is 5.25. The van der Waals surface area contributed by atoms with E-state index in [2.05, 4.69) is 80.2 Å². The topological polar surface area (TPSA) is 3.88 Å². The number of nitrogens with zero attached hydrogens (tertiary/aromatic N) is 1. The van der Waals surface area contributed by atoms with Gasteiger partial charge in [-0.2, -0.15) is 0 Å². The van der Waals surface area contributed by atoms with Gasteiger partial charge in [0.05, 0.1) is 5.39 Å². The number of aryl methyl sites for hydroxylation is 3. The van der Waals surface area contributed by atoms with Gasteiger partial charge < -0.3 is 0 Å². The Morgan fingerprint density at radius 1 is 0.789 bits per heavy atom. The van der Waals surface area contributed by atoms with Gasteiger partial charge in [0.25, 0.3) is 0 Å². The van der Waals surface area contributed by atoms with Crippen LogP contribution < -0.4 is 4.57 Å². The summed E-state index contributed by atoms with van der Waals surface area (Å²) in [5.74, 6) is 0. The number of hydrogen-bond acceptors (Lipinski definition) is 0. The van der Waals surface area contributed by atoms with E-state index in [-0.39, 0.29) is 0 Å². The van der Waals surface area contributed by atoms with Crippen molar-refractivity contribution in [3.63, 3.8) is 0 Å². The van der Waals surface area contributed by atoms with Crippen LogP contribution in [0, 0.1) is 13.8 Å². The second-order valence-corrected chi connectivity index (χ2v) is 5.13. The van der Waals surface area contributed by atoms with Crippen molar-refractivity contribution >= 4 is 10.8 Å². The standard InChI is InChI=1S/C18H18N/c1-13-7-4-5-10-16(13)18-17-14(2)8-6-9-15(17)11-12-19(18)3/h4-12H,1-3H3/q+1. The molecular formula is C18H18N+. The van der Waals surface area contributed by atoms with Crippen molar-refractivity contribution in [2.75, 3.05) is 0 Å². The summed E-state index contributed by atoms with van der Waals surface area (Å²) in [7, 11) is 2.12. The molecular weight excluding hydrogens is 230 g/mol. The van der Waals surface area contributed by atoms with E-state index in [1.807, 2.05) is 0 Å². The molecule has 0 saturated carbocycles. The Balaban J connectivity index is 2.47. The summed E-state index contributed by atoms with van der Waals surface area (Å²) in [6.45, 7) is 4.36. The second-order valence-electron chi connectivity index (χ2n) is 5.13. The zero-order chi connectivity index (χ0) is 13.4. The predicted molar refractivity (Wildman–Crippen MR) is 80.0 cm³/mol. The SMILES string of the molecule is Cc1ccccc1-c1c2c(C)cccc2cc[n+]1C. The number of fused-ring (bicyclic) bond motifs is 1. The molecule has 19 heavy (non-hydrogen) atoms. The van der Waals surface area contributed by atoms with Gasteiger partial charge in [-0.05, 0) is 36.4 Å². The van der Waals surface area contributed by atoms with Crippen LogP contribution in [0.1, 0.15) is 11.1 Å². The van der Waals surface area contributed by atoms with Gasteiger partial charge in [-0.1, -0.05) is 36.4 Å². The van der Waals surface area contributed by atoms with Crippen LogP contribution in [0.4, 0.5) is 0 Å². The van der Waals surface area contributed by atoms with E-state index in [4.69, 9.17) is 0 Å². The van der Waals surface area contributed by atoms with Crippen molar-refractivity contribution in [1.82, 2.24) is 0 Å². The molecule has 0 aliphatic rings. The average Bonchev–Trinajstić information content (AvgIpc) is 2.41. The van der Waals surface area contributed by atoms with Crippen molar-refractivity contribution in [3.8, 4) is 11.3 Å². The van der Waals surface area contributed by atoms with Gasteiger partial charge in [0.1, 0.15) is 7.05 Å². The molecule has 2 aromatic carbocycles. The second kappa shape index (κ2) is 4.51. The van der Waals surface area contributed by atoms with Gasteiger partial charge in [-0.3, -0.25) is 0 Å². The molecule has 1 aromatic heterocycles. The highest BCUT2D eigenvalue weighted by atomic mass is 14.9. The van der Waals surface area contributed by atoms with E-state index >= 15 is 0 Å². The molecule has 0 amide bonds. The fourth-order valence-electron chi connectivity index (χ4n) is 2.76. The third-order valence-corrected chi connectivity index (χ3v) is 3.77. The van der Waals surface area contributed by atoms with E-state index in [9.17, 15) is 0 Å². The van der Waals surface area contributed by atoms with E-state index in [1.54, 1.807) is 0 Å². The molecule has 0 fully saturated rings. The fourth-order valence-corrected chi connectivity index (χ4v) is 2.76. The van der Waals surface area contributed by atoms with Gasteiger partial charge in [0, 0.05) is 11.6 Å². The summed E-state index contributed by atoms with van der Waals surface area (Å²) >= 11 is 0. The first-order chi connectivity index (χ1) is 9.18. The van der Waals surface area contributed by atoms with Crippen LogP contribution in [-0.2, 0) is 7.05 Å². The van der Waals surface area contributed by atoms with E-state index in [0.29, 0.717) is 0 Å². The Hall–Kier alpha value is -2.15. The van der Waals surface area contributed by atoms with Crippen LogP contribution >= 0.6 is 0 Å². The number of pyridine rings is 1. The summed E-state index contributed by atoms with van der Waals surface area (Å²) in [6.07, 6.45) is 2.14. The summed E-state index contributed by atoms with van der Waals surface area (Å²) in [4.78, 5) is 0. The zero-order valence-electron chi connectivity index (χ0n) is 11.6. The van der Waals surface area contributed by atoms with E-state index in [1.165, 1.54) is 33.2 Å². The first-order valence-corrected chi connectivity index (χ1v) is 6.62. The van der Waals surface area contributed by atoms with Crippen molar-refractivity contribution in [2.45, 2.75) is 13.8 Å². The van der Waals surface area contributed by atoms with Gasteiger partial charge >= 0.3 is 0 Å². The average molecular weight is 248 g/mol. The van der Waals surface area contributed by atoms with E-state index < -0.39 is 0 Å². The quantitative estimate of drug-likeness (QED) is 0.574. The number of aromatic nitrogens is 1. The smallest absolute Gasteiger partial charge is 0.200 e.